The van der Waals surface area contributed by atoms with Gasteiger partial charge in [0.2, 0.25) is 5.88 Å². The van der Waals surface area contributed by atoms with Crippen molar-refractivity contribution in [1.82, 2.24) is 14.9 Å². The van der Waals surface area contributed by atoms with Gasteiger partial charge in [-0.05, 0) is 23.1 Å². The summed E-state index contributed by atoms with van der Waals surface area (Å²) in [7, 11) is 0. The zero-order valence-corrected chi connectivity index (χ0v) is 14.9. The molecule has 0 bridgehead atoms. The van der Waals surface area contributed by atoms with Gasteiger partial charge in [0, 0.05) is 30.9 Å². The Labute approximate surface area is 148 Å². The number of likely N-dealkylation sites (tertiary alicyclic amines) is 1. The first kappa shape index (κ1) is 17.2. The van der Waals surface area contributed by atoms with E-state index in [0.29, 0.717) is 19.0 Å². The van der Waals surface area contributed by atoms with Crippen LogP contribution in [0.5, 0.6) is 5.88 Å². The number of hydrogen-bond acceptors (Lipinski definition) is 4. The van der Waals surface area contributed by atoms with E-state index in [1.165, 1.54) is 11.9 Å². The minimum atomic E-state index is -0.0997. The number of hydrogen-bond donors (Lipinski definition) is 1. The molecule has 0 radical (unpaired) electrons. The summed E-state index contributed by atoms with van der Waals surface area (Å²) in [5, 5.41) is 2.95. The molecule has 0 saturated carbocycles. The molecule has 3 rings (SSSR count). The Morgan fingerprint density at radius 2 is 2.00 bits per heavy atom. The lowest BCUT2D eigenvalue weighted by molar-refractivity contribution is 0.189. The molecule has 0 aliphatic carbocycles. The van der Waals surface area contributed by atoms with E-state index in [0.717, 1.165) is 12.1 Å². The summed E-state index contributed by atoms with van der Waals surface area (Å²) < 4.78 is 5.79. The molecule has 1 aromatic carbocycles. The summed E-state index contributed by atoms with van der Waals surface area (Å²) in [6, 6.07) is 9.63. The molecule has 25 heavy (non-hydrogen) atoms. The molecule has 1 saturated heterocycles. The molecule has 1 aliphatic rings. The Balaban J connectivity index is 1.54. The van der Waals surface area contributed by atoms with Gasteiger partial charge in [0.15, 0.2) is 0 Å². The van der Waals surface area contributed by atoms with E-state index in [9.17, 15) is 4.79 Å². The van der Waals surface area contributed by atoms with Crippen molar-refractivity contribution in [3.05, 3.63) is 48.4 Å². The molecule has 0 spiro atoms. The van der Waals surface area contributed by atoms with Crippen molar-refractivity contribution in [3.63, 3.8) is 0 Å². The molecule has 2 amide bonds. The Morgan fingerprint density at radius 1 is 1.24 bits per heavy atom. The van der Waals surface area contributed by atoms with Gasteiger partial charge >= 0.3 is 6.03 Å². The van der Waals surface area contributed by atoms with Crippen LogP contribution in [0, 0.1) is 0 Å². The molecule has 1 fully saturated rings. The minimum absolute atomic E-state index is 0.0380. The van der Waals surface area contributed by atoms with E-state index in [2.05, 4.69) is 48.2 Å². The number of nitrogens with one attached hydrogen (secondary N) is 1. The summed E-state index contributed by atoms with van der Waals surface area (Å²) >= 11 is 0. The Kier molecular flexibility index (Phi) is 4.88. The predicted octanol–water partition coefficient (Wildman–Crippen LogP) is 3.46. The lowest BCUT2D eigenvalue weighted by atomic mass is 9.87. The summed E-state index contributed by atoms with van der Waals surface area (Å²) in [5.74, 6) is 0.542. The van der Waals surface area contributed by atoms with Gasteiger partial charge in [0.1, 0.15) is 12.4 Å². The number of urea groups is 1. The smallest absolute Gasteiger partial charge is 0.321 e. The number of carbonyl (C=O) groups excluding carboxylic acids is 1. The van der Waals surface area contributed by atoms with Gasteiger partial charge in [-0.2, -0.15) is 0 Å². The number of rotatable bonds is 3. The highest BCUT2D eigenvalue weighted by molar-refractivity contribution is 5.89. The number of benzene rings is 1. The number of anilines is 1. The maximum absolute atomic E-state index is 12.4. The third-order valence-corrected chi connectivity index (χ3v) is 4.28. The van der Waals surface area contributed by atoms with Crippen LogP contribution in [-0.2, 0) is 5.41 Å². The lowest BCUT2D eigenvalue weighted by Gasteiger charge is -2.20. The van der Waals surface area contributed by atoms with Crippen molar-refractivity contribution in [3.8, 4) is 5.88 Å². The second-order valence-electron chi connectivity index (χ2n) is 7.28. The van der Waals surface area contributed by atoms with E-state index >= 15 is 0 Å². The summed E-state index contributed by atoms with van der Waals surface area (Å²) in [4.78, 5) is 22.1. The third-order valence-electron chi connectivity index (χ3n) is 4.28. The molecule has 1 aliphatic heterocycles. The average molecular weight is 340 g/mol. The normalized spacial score (nSPS) is 17.4. The lowest BCUT2D eigenvalue weighted by Crippen LogP contribution is -2.34. The molecule has 0 unspecified atom stereocenters. The van der Waals surface area contributed by atoms with Crippen LogP contribution in [0.4, 0.5) is 10.5 Å². The number of aromatic nitrogens is 2. The minimum Gasteiger partial charge on any atom is -0.472 e. The van der Waals surface area contributed by atoms with E-state index in [1.807, 2.05) is 12.1 Å². The quantitative estimate of drug-likeness (QED) is 0.929. The summed E-state index contributed by atoms with van der Waals surface area (Å²) in [6.45, 7) is 7.73. The molecule has 6 heteroatoms. The Morgan fingerprint density at radius 3 is 2.64 bits per heavy atom. The maximum Gasteiger partial charge on any atom is 0.321 e. The van der Waals surface area contributed by atoms with Crippen LogP contribution in [0.25, 0.3) is 0 Å². The van der Waals surface area contributed by atoms with Gasteiger partial charge in [-0.1, -0.05) is 32.9 Å². The molecule has 2 heterocycles. The third kappa shape index (κ3) is 4.47. The first-order valence-electron chi connectivity index (χ1n) is 8.51. The highest BCUT2D eigenvalue weighted by Gasteiger charge is 2.28. The molecular weight excluding hydrogens is 316 g/mol. The second kappa shape index (κ2) is 7.09. The largest absolute Gasteiger partial charge is 0.472 e. The molecule has 6 nitrogen and oxygen atoms in total. The fourth-order valence-corrected chi connectivity index (χ4v) is 2.78. The number of nitrogens with zero attached hydrogens (tertiary/aromatic N) is 3. The zero-order valence-electron chi connectivity index (χ0n) is 14.9. The number of carbonyl (C=O) groups is 1. The maximum atomic E-state index is 12.4. The SMILES string of the molecule is CC(C)(C)c1ccc(NC(=O)N2CC[C@@H](Oc3ccncn3)C2)cc1. The van der Waals surface area contributed by atoms with Crippen molar-refractivity contribution in [1.29, 1.82) is 0 Å². The average Bonchev–Trinajstić information content (AvgIpc) is 3.04. The fourth-order valence-electron chi connectivity index (χ4n) is 2.78. The van der Waals surface area contributed by atoms with Gasteiger partial charge in [-0.15, -0.1) is 0 Å². The fraction of sp³-hybridized carbons (Fsp3) is 0.421. The van der Waals surface area contributed by atoms with Crippen molar-refractivity contribution in [2.24, 2.45) is 0 Å². The second-order valence-corrected chi connectivity index (χ2v) is 7.28. The van der Waals surface area contributed by atoms with Gasteiger partial charge in [-0.25, -0.2) is 14.8 Å². The van der Waals surface area contributed by atoms with Crippen molar-refractivity contribution in [2.75, 3.05) is 18.4 Å². The van der Waals surface area contributed by atoms with Crippen LogP contribution in [-0.4, -0.2) is 40.1 Å². The van der Waals surface area contributed by atoms with E-state index in [1.54, 1.807) is 17.2 Å². The molecule has 132 valence electrons. The first-order valence-corrected chi connectivity index (χ1v) is 8.51. The first-order chi connectivity index (χ1) is 11.9. The Hall–Kier alpha value is -2.63. The molecule has 1 N–H and O–H groups in total. The van der Waals surface area contributed by atoms with Crippen LogP contribution in [0.2, 0.25) is 0 Å². The van der Waals surface area contributed by atoms with Crippen molar-refractivity contribution < 1.29 is 9.53 Å². The summed E-state index contributed by atoms with van der Waals surface area (Å²) in [6.07, 6.45) is 3.85. The molecule has 2 aromatic rings. The topological polar surface area (TPSA) is 67.4 Å². The van der Waals surface area contributed by atoms with Gasteiger partial charge in [0.25, 0.3) is 0 Å². The molecular formula is C19H24N4O2. The Bertz CT molecular complexity index is 710. The van der Waals surface area contributed by atoms with Crippen LogP contribution >= 0.6 is 0 Å². The van der Waals surface area contributed by atoms with E-state index in [-0.39, 0.29) is 17.6 Å². The van der Waals surface area contributed by atoms with Crippen LogP contribution < -0.4 is 10.1 Å². The van der Waals surface area contributed by atoms with E-state index in [4.69, 9.17) is 4.74 Å². The van der Waals surface area contributed by atoms with Crippen LogP contribution in [0.3, 0.4) is 0 Å². The molecule has 1 atom stereocenters. The van der Waals surface area contributed by atoms with Gasteiger partial charge in [0.05, 0.1) is 6.54 Å². The highest BCUT2D eigenvalue weighted by Crippen LogP contribution is 2.24. The number of amides is 2. The van der Waals surface area contributed by atoms with Crippen molar-refractivity contribution in [2.45, 2.75) is 38.7 Å². The standard InChI is InChI=1S/C19H24N4O2/c1-19(2,3)14-4-6-15(7-5-14)22-18(24)23-11-9-16(12-23)25-17-8-10-20-13-21-17/h4-8,10,13,16H,9,11-12H2,1-3H3,(H,22,24)/t16-/m1/s1. The summed E-state index contributed by atoms with van der Waals surface area (Å²) in [5.41, 5.74) is 2.14. The zero-order chi connectivity index (χ0) is 17.9. The van der Waals surface area contributed by atoms with E-state index < -0.39 is 0 Å². The van der Waals surface area contributed by atoms with Crippen LogP contribution in [0.15, 0.2) is 42.9 Å². The van der Waals surface area contributed by atoms with Crippen LogP contribution in [0.1, 0.15) is 32.8 Å². The monoisotopic (exact) mass is 340 g/mol. The van der Waals surface area contributed by atoms with Crippen molar-refractivity contribution >= 4 is 11.7 Å². The molecule has 1 aromatic heterocycles. The number of ether oxygens (including phenoxy) is 1. The van der Waals surface area contributed by atoms with Gasteiger partial charge in [-0.3, -0.25) is 0 Å². The van der Waals surface area contributed by atoms with Gasteiger partial charge < -0.3 is 15.0 Å². The highest BCUT2D eigenvalue weighted by atomic mass is 16.5. The predicted molar refractivity (Wildman–Crippen MR) is 96.8 cm³/mol.